The maximum atomic E-state index is 12.0. The summed E-state index contributed by atoms with van der Waals surface area (Å²) in [6.07, 6.45) is 4.85. The number of nitrogens with zero attached hydrogens (tertiary/aromatic N) is 1. The summed E-state index contributed by atoms with van der Waals surface area (Å²) >= 11 is 0. The molecule has 2 fully saturated rings. The van der Waals surface area contributed by atoms with Crippen LogP contribution in [0.5, 0.6) is 0 Å². The van der Waals surface area contributed by atoms with Crippen LogP contribution in [0.3, 0.4) is 0 Å². The first-order valence-corrected chi connectivity index (χ1v) is 6.39. The van der Waals surface area contributed by atoms with Gasteiger partial charge in [0.2, 0.25) is 0 Å². The van der Waals surface area contributed by atoms with Crippen LogP contribution in [-0.2, 0) is 9.63 Å². The fourth-order valence-corrected chi connectivity index (χ4v) is 2.47. The highest BCUT2D eigenvalue weighted by molar-refractivity contribution is 6.39. The molecule has 1 amide bonds. The van der Waals surface area contributed by atoms with E-state index in [4.69, 9.17) is 4.84 Å². The predicted octanol–water partition coefficient (Wildman–Crippen LogP) is 0.975. The van der Waals surface area contributed by atoms with Crippen LogP contribution in [0.2, 0.25) is 0 Å². The largest absolute Gasteiger partial charge is 0.387 e. The summed E-state index contributed by atoms with van der Waals surface area (Å²) in [5, 5.41) is 10.3. The van der Waals surface area contributed by atoms with E-state index in [1.54, 1.807) is 0 Å². The van der Waals surface area contributed by atoms with Gasteiger partial charge in [0.15, 0.2) is 5.60 Å². The Morgan fingerprint density at radius 2 is 2.22 bits per heavy atom. The van der Waals surface area contributed by atoms with Gasteiger partial charge in [0.1, 0.15) is 5.71 Å². The monoisotopic (exact) mass is 273 g/mol. The van der Waals surface area contributed by atoms with Crippen molar-refractivity contribution in [3.8, 4) is 0 Å². The minimum absolute atomic E-state index is 0. The number of amides is 1. The molecule has 0 bridgehead atoms. The van der Waals surface area contributed by atoms with Crippen LogP contribution in [-0.4, -0.2) is 35.8 Å². The van der Waals surface area contributed by atoms with Crippen LogP contribution in [0.1, 0.15) is 39.0 Å². The van der Waals surface area contributed by atoms with Gasteiger partial charge in [-0.15, -0.1) is 12.4 Å². The summed E-state index contributed by atoms with van der Waals surface area (Å²) in [6, 6.07) is 0. The van der Waals surface area contributed by atoms with Crippen molar-refractivity contribution < 1.29 is 9.63 Å². The molecule has 1 unspecified atom stereocenters. The molecular weight excluding hydrogens is 254 g/mol. The van der Waals surface area contributed by atoms with Gasteiger partial charge in [0.05, 0.1) is 0 Å². The fourth-order valence-electron chi connectivity index (χ4n) is 2.47. The first-order chi connectivity index (χ1) is 8.11. The second kappa shape index (κ2) is 4.70. The Morgan fingerprint density at radius 3 is 2.83 bits per heavy atom. The molecule has 3 rings (SSSR count). The van der Waals surface area contributed by atoms with Crippen molar-refractivity contribution in [2.75, 3.05) is 13.1 Å². The van der Waals surface area contributed by atoms with E-state index in [1.807, 2.05) is 0 Å². The molecule has 2 heterocycles. The Hall–Kier alpha value is -0.810. The van der Waals surface area contributed by atoms with Crippen LogP contribution in [0.15, 0.2) is 5.16 Å². The number of hydrogen-bond acceptors (Lipinski definition) is 4. The van der Waals surface area contributed by atoms with Crippen LogP contribution in [0.4, 0.5) is 0 Å². The van der Waals surface area contributed by atoms with Gasteiger partial charge in [-0.25, -0.2) is 0 Å². The minimum Gasteiger partial charge on any atom is -0.387 e. The molecule has 0 aromatic carbocycles. The Balaban J connectivity index is 0.00000120. The Kier molecular flexibility index (Phi) is 3.56. The molecule has 5 nitrogen and oxygen atoms in total. The summed E-state index contributed by atoms with van der Waals surface area (Å²) in [5.74, 6) is -0.0487. The van der Waals surface area contributed by atoms with Crippen molar-refractivity contribution in [3.63, 3.8) is 0 Å². The molecule has 2 aliphatic heterocycles. The van der Waals surface area contributed by atoms with E-state index >= 15 is 0 Å². The van der Waals surface area contributed by atoms with E-state index in [0.29, 0.717) is 12.1 Å². The van der Waals surface area contributed by atoms with Crippen molar-refractivity contribution in [2.24, 2.45) is 5.16 Å². The van der Waals surface area contributed by atoms with E-state index in [1.165, 1.54) is 0 Å². The van der Waals surface area contributed by atoms with Crippen molar-refractivity contribution in [3.05, 3.63) is 0 Å². The molecule has 1 aliphatic carbocycles. The van der Waals surface area contributed by atoms with E-state index in [0.717, 1.165) is 38.8 Å². The number of piperidine rings is 1. The second-order valence-corrected chi connectivity index (χ2v) is 5.78. The number of nitrogens with one attached hydrogen (secondary N) is 2. The molecule has 1 atom stereocenters. The number of carbonyl (C=O) groups excluding carboxylic acids is 1. The van der Waals surface area contributed by atoms with Gasteiger partial charge in [0, 0.05) is 18.5 Å². The first-order valence-electron chi connectivity index (χ1n) is 6.39. The number of carbonyl (C=O) groups is 1. The molecule has 0 radical (unpaired) electrons. The maximum absolute atomic E-state index is 12.0. The Labute approximate surface area is 113 Å². The summed E-state index contributed by atoms with van der Waals surface area (Å²) in [5.41, 5.74) is 0.317. The number of oxime groups is 1. The van der Waals surface area contributed by atoms with Crippen LogP contribution in [0, 0.1) is 0 Å². The standard InChI is InChI=1S/C12H19N3O2.ClH/c1-11(4-5-11)14-10(16)9-7-12(17-15-9)3-2-6-13-8-12;/h13H,2-8H2,1H3,(H,14,16);1H. The highest BCUT2D eigenvalue weighted by Gasteiger charge is 2.45. The van der Waals surface area contributed by atoms with Crippen LogP contribution in [0.25, 0.3) is 0 Å². The smallest absolute Gasteiger partial charge is 0.269 e. The average molecular weight is 274 g/mol. The third kappa shape index (κ3) is 2.62. The fraction of sp³-hybridized carbons (Fsp3) is 0.833. The molecule has 1 saturated carbocycles. The SMILES string of the molecule is CC1(NC(=O)C2=NOC3(CCCNC3)C2)CC1.Cl. The zero-order valence-corrected chi connectivity index (χ0v) is 11.4. The first kappa shape index (κ1) is 13.6. The second-order valence-electron chi connectivity index (χ2n) is 5.78. The number of hydrogen-bond donors (Lipinski definition) is 2. The lowest BCUT2D eigenvalue weighted by molar-refractivity contribution is -0.115. The van der Waals surface area contributed by atoms with Gasteiger partial charge in [-0.05, 0) is 39.2 Å². The van der Waals surface area contributed by atoms with Crippen LogP contribution >= 0.6 is 12.4 Å². The lowest BCUT2D eigenvalue weighted by atomic mass is 9.89. The highest BCUT2D eigenvalue weighted by Crippen LogP contribution is 2.35. The van der Waals surface area contributed by atoms with E-state index in [-0.39, 0.29) is 29.5 Å². The molecule has 0 aromatic rings. The number of halogens is 1. The molecular formula is C12H20ClN3O2. The maximum Gasteiger partial charge on any atom is 0.269 e. The topological polar surface area (TPSA) is 62.7 Å². The predicted molar refractivity (Wildman–Crippen MR) is 71.0 cm³/mol. The van der Waals surface area contributed by atoms with Crippen molar-refractivity contribution in [2.45, 2.75) is 50.2 Å². The third-order valence-corrected chi connectivity index (χ3v) is 3.95. The molecule has 102 valence electrons. The Bertz CT molecular complexity index is 374. The van der Waals surface area contributed by atoms with Gasteiger partial charge < -0.3 is 15.5 Å². The van der Waals surface area contributed by atoms with E-state index in [9.17, 15) is 4.79 Å². The van der Waals surface area contributed by atoms with Gasteiger partial charge in [0.25, 0.3) is 5.91 Å². The Morgan fingerprint density at radius 1 is 1.44 bits per heavy atom. The normalized spacial score (nSPS) is 32.2. The van der Waals surface area contributed by atoms with Gasteiger partial charge in [-0.2, -0.15) is 0 Å². The van der Waals surface area contributed by atoms with Gasteiger partial charge >= 0.3 is 0 Å². The molecule has 2 N–H and O–H groups in total. The molecule has 6 heteroatoms. The average Bonchev–Trinajstić information content (AvgIpc) is 2.89. The number of rotatable bonds is 2. The van der Waals surface area contributed by atoms with Crippen molar-refractivity contribution >= 4 is 24.0 Å². The molecule has 3 aliphatic rings. The van der Waals surface area contributed by atoms with Gasteiger partial charge in [-0.1, -0.05) is 5.16 Å². The minimum atomic E-state index is -0.255. The molecule has 1 saturated heterocycles. The van der Waals surface area contributed by atoms with Crippen molar-refractivity contribution in [1.82, 2.24) is 10.6 Å². The summed E-state index contributed by atoms with van der Waals surface area (Å²) in [6.45, 7) is 3.90. The van der Waals surface area contributed by atoms with E-state index in [2.05, 4.69) is 22.7 Å². The molecule has 1 spiro atoms. The zero-order valence-electron chi connectivity index (χ0n) is 10.6. The van der Waals surface area contributed by atoms with E-state index < -0.39 is 0 Å². The quantitative estimate of drug-likeness (QED) is 0.788. The summed E-state index contributed by atoms with van der Waals surface area (Å²) in [7, 11) is 0. The van der Waals surface area contributed by atoms with Gasteiger partial charge in [-0.3, -0.25) is 4.79 Å². The summed E-state index contributed by atoms with van der Waals surface area (Å²) in [4.78, 5) is 17.5. The lowest BCUT2D eigenvalue weighted by Gasteiger charge is -2.30. The van der Waals surface area contributed by atoms with Crippen molar-refractivity contribution in [1.29, 1.82) is 0 Å². The van der Waals surface area contributed by atoms with Crippen LogP contribution < -0.4 is 10.6 Å². The molecule has 0 aromatic heterocycles. The third-order valence-electron chi connectivity index (χ3n) is 3.95. The highest BCUT2D eigenvalue weighted by atomic mass is 35.5. The lowest BCUT2D eigenvalue weighted by Crippen LogP contribution is -2.47. The summed E-state index contributed by atoms with van der Waals surface area (Å²) < 4.78 is 0. The zero-order chi connectivity index (χ0) is 11.9. The molecule has 18 heavy (non-hydrogen) atoms.